The highest BCUT2D eigenvalue weighted by Gasteiger charge is 2.23. The molecule has 2 heterocycles. The van der Waals surface area contributed by atoms with Crippen LogP contribution in [0.1, 0.15) is 32.8 Å². The fraction of sp³-hybridized carbons (Fsp3) is 0.529. The van der Waals surface area contributed by atoms with E-state index < -0.39 is 5.60 Å². The molecule has 1 aliphatic rings. The number of amides is 1. The number of hydrogen-bond acceptors (Lipinski definition) is 4. The molecule has 0 fully saturated rings. The molecule has 0 aliphatic carbocycles. The molecule has 0 atom stereocenters. The van der Waals surface area contributed by atoms with Crippen LogP contribution < -0.4 is 5.32 Å². The molecule has 0 unspecified atom stereocenters. The van der Waals surface area contributed by atoms with E-state index in [1.54, 1.807) is 11.1 Å². The molecule has 0 saturated carbocycles. The molecule has 1 aliphatic heterocycles. The van der Waals surface area contributed by atoms with Crippen LogP contribution in [0.15, 0.2) is 36.2 Å². The summed E-state index contributed by atoms with van der Waals surface area (Å²) in [5.74, 6) is 0. The number of nitrogens with one attached hydrogen (secondary N) is 1. The van der Waals surface area contributed by atoms with Crippen molar-refractivity contribution in [2.24, 2.45) is 0 Å². The molecule has 1 amide bonds. The third-order valence-corrected chi connectivity index (χ3v) is 3.36. The number of carbonyl (C=O) groups excluding carboxylic acids is 1. The first-order chi connectivity index (χ1) is 10.4. The molecular weight excluding hydrogens is 278 g/mol. The minimum atomic E-state index is -0.438. The van der Waals surface area contributed by atoms with Crippen molar-refractivity contribution in [2.75, 3.05) is 19.6 Å². The average Bonchev–Trinajstić information content (AvgIpc) is 2.47. The van der Waals surface area contributed by atoms with Crippen molar-refractivity contribution in [1.29, 1.82) is 0 Å². The SMILES string of the molecule is CC(C)(C)OC(=O)N1CC=C(CNCc2cccnc2)CC1. The number of nitrogens with zero attached hydrogens (tertiary/aromatic N) is 2. The quantitative estimate of drug-likeness (QED) is 0.869. The van der Waals surface area contributed by atoms with Crippen LogP contribution in [0.3, 0.4) is 0 Å². The number of aromatic nitrogens is 1. The molecule has 0 radical (unpaired) electrons. The summed E-state index contributed by atoms with van der Waals surface area (Å²) in [5, 5.41) is 3.41. The molecule has 120 valence electrons. The van der Waals surface area contributed by atoms with Crippen LogP contribution in [0.5, 0.6) is 0 Å². The maximum atomic E-state index is 12.0. The third kappa shape index (κ3) is 5.48. The highest BCUT2D eigenvalue weighted by Crippen LogP contribution is 2.15. The van der Waals surface area contributed by atoms with E-state index in [4.69, 9.17) is 4.74 Å². The van der Waals surface area contributed by atoms with E-state index in [2.05, 4.69) is 22.4 Å². The zero-order valence-electron chi connectivity index (χ0n) is 13.6. The fourth-order valence-corrected chi connectivity index (χ4v) is 2.23. The Morgan fingerprint density at radius 3 is 2.82 bits per heavy atom. The smallest absolute Gasteiger partial charge is 0.410 e. The van der Waals surface area contributed by atoms with Crippen LogP contribution in [0.2, 0.25) is 0 Å². The van der Waals surface area contributed by atoms with Crippen molar-refractivity contribution in [2.45, 2.75) is 39.3 Å². The van der Waals surface area contributed by atoms with Crippen LogP contribution >= 0.6 is 0 Å². The lowest BCUT2D eigenvalue weighted by atomic mass is 10.1. The van der Waals surface area contributed by atoms with Crippen molar-refractivity contribution < 1.29 is 9.53 Å². The van der Waals surface area contributed by atoms with Gasteiger partial charge in [0.05, 0.1) is 0 Å². The Hall–Kier alpha value is -1.88. The van der Waals surface area contributed by atoms with Crippen molar-refractivity contribution in [3.05, 3.63) is 41.7 Å². The second kappa shape index (κ2) is 7.40. The van der Waals surface area contributed by atoms with E-state index in [1.807, 2.05) is 33.0 Å². The van der Waals surface area contributed by atoms with Crippen molar-refractivity contribution in [1.82, 2.24) is 15.2 Å². The monoisotopic (exact) mass is 303 g/mol. The minimum Gasteiger partial charge on any atom is -0.444 e. The molecule has 2 rings (SSSR count). The van der Waals surface area contributed by atoms with Gasteiger partial charge in [-0.1, -0.05) is 17.7 Å². The Morgan fingerprint density at radius 2 is 2.23 bits per heavy atom. The summed E-state index contributed by atoms with van der Waals surface area (Å²) in [5.41, 5.74) is 2.07. The molecular formula is C17H25N3O2. The second-order valence-corrected chi connectivity index (χ2v) is 6.50. The van der Waals surface area contributed by atoms with E-state index in [-0.39, 0.29) is 6.09 Å². The predicted octanol–water partition coefficient (Wildman–Crippen LogP) is 2.74. The standard InChI is InChI=1S/C17H25N3O2/c1-17(2,3)22-16(21)20-9-6-14(7-10-20)11-19-13-15-5-4-8-18-12-15/h4-6,8,12,19H,7,9-11,13H2,1-3H3. The summed E-state index contributed by atoms with van der Waals surface area (Å²) in [7, 11) is 0. The van der Waals surface area contributed by atoms with Gasteiger partial charge in [0.15, 0.2) is 0 Å². The van der Waals surface area contributed by atoms with Crippen LogP contribution in [0.25, 0.3) is 0 Å². The molecule has 5 nitrogen and oxygen atoms in total. The number of ether oxygens (including phenoxy) is 1. The average molecular weight is 303 g/mol. The van der Waals surface area contributed by atoms with Crippen molar-refractivity contribution in [3.8, 4) is 0 Å². The molecule has 0 spiro atoms. The summed E-state index contributed by atoms with van der Waals surface area (Å²) >= 11 is 0. The summed E-state index contributed by atoms with van der Waals surface area (Å²) in [6, 6.07) is 4.00. The second-order valence-electron chi connectivity index (χ2n) is 6.50. The van der Waals surface area contributed by atoms with Crippen molar-refractivity contribution >= 4 is 6.09 Å². The van der Waals surface area contributed by atoms with Gasteiger partial charge in [-0.2, -0.15) is 0 Å². The van der Waals surface area contributed by atoms with Gasteiger partial charge < -0.3 is 15.0 Å². The van der Waals surface area contributed by atoms with Gasteiger partial charge in [0.25, 0.3) is 0 Å². The van der Waals surface area contributed by atoms with Gasteiger partial charge in [-0.25, -0.2) is 4.79 Å². The summed E-state index contributed by atoms with van der Waals surface area (Å²) < 4.78 is 5.39. The van der Waals surface area contributed by atoms with Gasteiger partial charge in [-0.05, 0) is 38.8 Å². The lowest BCUT2D eigenvalue weighted by molar-refractivity contribution is 0.0265. The lowest BCUT2D eigenvalue weighted by Crippen LogP contribution is -2.39. The first-order valence-corrected chi connectivity index (χ1v) is 7.69. The maximum absolute atomic E-state index is 12.0. The number of rotatable bonds is 4. The van der Waals surface area contributed by atoms with Crippen LogP contribution in [-0.4, -0.2) is 41.2 Å². The molecule has 0 aromatic carbocycles. The molecule has 0 saturated heterocycles. The first kappa shape index (κ1) is 16.5. The largest absolute Gasteiger partial charge is 0.444 e. The predicted molar refractivity (Wildman–Crippen MR) is 86.5 cm³/mol. The summed E-state index contributed by atoms with van der Waals surface area (Å²) in [4.78, 5) is 17.8. The van der Waals surface area contributed by atoms with E-state index in [9.17, 15) is 4.79 Å². The number of hydrogen-bond donors (Lipinski definition) is 1. The maximum Gasteiger partial charge on any atom is 0.410 e. The van der Waals surface area contributed by atoms with Crippen molar-refractivity contribution in [3.63, 3.8) is 0 Å². The normalized spacial score (nSPS) is 15.4. The van der Waals surface area contributed by atoms with Gasteiger partial charge in [-0.3, -0.25) is 4.98 Å². The Kier molecular flexibility index (Phi) is 5.55. The van der Waals surface area contributed by atoms with E-state index >= 15 is 0 Å². The summed E-state index contributed by atoms with van der Waals surface area (Å²) in [6.07, 6.45) is 6.42. The number of pyridine rings is 1. The van der Waals surface area contributed by atoms with Gasteiger partial charge >= 0.3 is 6.09 Å². The third-order valence-electron chi connectivity index (χ3n) is 3.36. The number of carbonyl (C=O) groups is 1. The highest BCUT2D eigenvalue weighted by molar-refractivity contribution is 5.68. The van der Waals surface area contributed by atoms with Gasteiger partial charge in [0, 0.05) is 38.6 Å². The molecule has 1 aromatic heterocycles. The lowest BCUT2D eigenvalue weighted by Gasteiger charge is -2.29. The van der Waals surface area contributed by atoms with E-state index in [0.29, 0.717) is 6.54 Å². The topological polar surface area (TPSA) is 54.5 Å². The Morgan fingerprint density at radius 1 is 1.41 bits per heavy atom. The van der Waals surface area contributed by atoms with Crippen LogP contribution in [0.4, 0.5) is 4.79 Å². The molecule has 1 aromatic rings. The van der Waals surface area contributed by atoms with Gasteiger partial charge in [-0.15, -0.1) is 0 Å². The summed E-state index contributed by atoms with van der Waals surface area (Å²) in [6.45, 7) is 8.65. The zero-order valence-corrected chi connectivity index (χ0v) is 13.6. The van der Waals surface area contributed by atoms with E-state index in [0.717, 1.165) is 26.1 Å². The molecule has 0 bridgehead atoms. The van der Waals surface area contributed by atoms with E-state index in [1.165, 1.54) is 11.1 Å². The Labute approximate surface area is 132 Å². The molecule has 5 heteroatoms. The van der Waals surface area contributed by atoms with Gasteiger partial charge in [0.1, 0.15) is 5.60 Å². The molecule has 22 heavy (non-hydrogen) atoms. The van der Waals surface area contributed by atoms with Gasteiger partial charge in [0.2, 0.25) is 0 Å². The first-order valence-electron chi connectivity index (χ1n) is 7.69. The highest BCUT2D eigenvalue weighted by atomic mass is 16.6. The van der Waals surface area contributed by atoms with Crippen LogP contribution in [0, 0.1) is 0 Å². The Bertz CT molecular complexity index is 520. The van der Waals surface area contributed by atoms with Crippen LogP contribution in [-0.2, 0) is 11.3 Å². The Balaban J connectivity index is 1.73. The zero-order chi connectivity index (χ0) is 16.0. The fourth-order valence-electron chi connectivity index (χ4n) is 2.23. The minimum absolute atomic E-state index is 0.230. The molecule has 1 N–H and O–H groups in total.